The second-order valence-electron chi connectivity index (χ2n) is 4.73. The molecule has 1 N–H and O–H groups in total. The van der Waals surface area contributed by atoms with Gasteiger partial charge in [0, 0.05) is 5.56 Å². The zero-order valence-electron chi connectivity index (χ0n) is 9.49. The Morgan fingerprint density at radius 3 is 2.53 bits per heavy atom. The van der Waals surface area contributed by atoms with Gasteiger partial charge in [-0.25, -0.2) is 8.78 Å². The third-order valence-electron chi connectivity index (χ3n) is 3.48. The van der Waals surface area contributed by atoms with Crippen molar-refractivity contribution in [1.82, 2.24) is 0 Å². The van der Waals surface area contributed by atoms with Crippen molar-refractivity contribution in [3.63, 3.8) is 0 Å². The van der Waals surface area contributed by atoms with E-state index in [0.717, 1.165) is 0 Å². The highest BCUT2D eigenvalue weighted by Gasteiger charge is 2.46. The Kier molecular flexibility index (Phi) is 3.13. The molecule has 0 spiro atoms. The van der Waals surface area contributed by atoms with E-state index in [1.165, 1.54) is 18.2 Å². The molecule has 3 unspecified atom stereocenters. The Morgan fingerprint density at radius 1 is 1.47 bits per heavy atom. The molecule has 1 saturated carbocycles. The van der Waals surface area contributed by atoms with Crippen LogP contribution in [0, 0.1) is 29.4 Å². The van der Waals surface area contributed by atoms with Crippen LogP contribution in [0.4, 0.5) is 8.78 Å². The van der Waals surface area contributed by atoms with Gasteiger partial charge < -0.3 is 5.11 Å². The van der Waals surface area contributed by atoms with Gasteiger partial charge in [0.15, 0.2) is 0 Å². The summed E-state index contributed by atoms with van der Waals surface area (Å²) < 4.78 is 26.8. The second kappa shape index (κ2) is 4.43. The maximum absolute atomic E-state index is 13.4. The molecule has 92 valence electrons. The normalized spacial score (nSPS) is 24.4. The van der Waals surface area contributed by atoms with Gasteiger partial charge in [-0.05, 0) is 36.8 Å². The topological polar surface area (TPSA) is 37.3 Å². The van der Waals surface area contributed by atoms with Crippen LogP contribution in [0.1, 0.15) is 18.9 Å². The number of aliphatic carboxylic acids is 1. The van der Waals surface area contributed by atoms with Crippen molar-refractivity contribution >= 4 is 5.97 Å². The van der Waals surface area contributed by atoms with Crippen molar-refractivity contribution in [1.29, 1.82) is 0 Å². The molecule has 17 heavy (non-hydrogen) atoms. The Bertz CT molecular complexity index is 425. The van der Waals surface area contributed by atoms with E-state index in [2.05, 4.69) is 0 Å². The number of carboxylic acids is 1. The highest BCUT2D eigenvalue weighted by molar-refractivity contribution is 5.73. The summed E-state index contributed by atoms with van der Waals surface area (Å²) in [6.07, 6.45) is 0.875. The molecule has 0 aliphatic heterocycles. The van der Waals surface area contributed by atoms with Gasteiger partial charge in [-0.15, -0.1) is 0 Å². The number of benzene rings is 1. The quantitative estimate of drug-likeness (QED) is 0.878. The van der Waals surface area contributed by atoms with E-state index in [-0.39, 0.29) is 29.7 Å². The minimum absolute atomic E-state index is 0.0116. The maximum atomic E-state index is 13.4. The summed E-state index contributed by atoms with van der Waals surface area (Å²) in [6.45, 7) is 1.85. The van der Waals surface area contributed by atoms with Crippen LogP contribution in [0.3, 0.4) is 0 Å². The van der Waals surface area contributed by atoms with Crippen LogP contribution in [0.5, 0.6) is 0 Å². The van der Waals surface area contributed by atoms with Gasteiger partial charge in [-0.2, -0.15) is 0 Å². The number of halogens is 2. The molecular weight excluding hydrogens is 226 g/mol. The maximum Gasteiger partial charge on any atom is 0.306 e. The van der Waals surface area contributed by atoms with Crippen LogP contribution in [-0.4, -0.2) is 11.1 Å². The fraction of sp³-hybridized carbons (Fsp3) is 0.462. The minimum Gasteiger partial charge on any atom is -0.481 e. The van der Waals surface area contributed by atoms with Gasteiger partial charge >= 0.3 is 5.97 Å². The molecule has 0 aromatic heterocycles. The molecule has 1 aromatic carbocycles. The van der Waals surface area contributed by atoms with Gasteiger partial charge in [0.2, 0.25) is 0 Å². The number of rotatable bonds is 4. The lowest BCUT2D eigenvalue weighted by Crippen LogP contribution is -2.10. The predicted octanol–water partition coefficient (Wildman–Crippen LogP) is 2.86. The summed E-state index contributed by atoms with van der Waals surface area (Å²) in [4.78, 5) is 10.7. The molecule has 1 aromatic rings. The first-order valence-electron chi connectivity index (χ1n) is 5.66. The zero-order chi connectivity index (χ0) is 12.6. The molecule has 0 saturated heterocycles. The Labute approximate surface area is 98.3 Å². The van der Waals surface area contributed by atoms with Crippen LogP contribution < -0.4 is 0 Å². The van der Waals surface area contributed by atoms with Crippen LogP contribution >= 0.6 is 0 Å². The summed E-state index contributed by atoms with van der Waals surface area (Å²) >= 11 is 0. The smallest absolute Gasteiger partial charge is 0.306 e. The van der Waals surface area contributed by atoms with E-state index in [1.54, 1.807) is 0 Å². The van der Waals surface area contributed by atoms with Crippen molar-refractivity contribution in [3.8, 4) is 0 Å². The van der Waals surface area contributed by atoms with Crippen LogP contribution in [0.2, 0.25) is 0 Å². The van der Waals surface area contributed by atoms with Gasteiger partial charge in [0.05, 0.1) is 5.92 Å². The first-order chi connectivity index (χ1) is 8.00. The van der Waals surface area contributed by atoms with E-state index in [4.69, 9.17) is 5.11 Å². The van der Waals surface area contributed by atoms with Crippen molar-refractivity contribution in [2.24, 2.45) is 17.8 Å². The number of carbonyl (C=O) groups is 1. The van der Waals surface area contributed by atoms with Gasteiger partial charge in [-0.3, -0.25) is 4.79 Å². The fourth-order valence-electron chi connectivity index (χ4n) is 2.33. The molecule has 0 radical (unpaired) electrons. The van der Waals surface area contributed by atoms with Crippen molar-refractivity contribution in [2.45, 2.75) is 19.8 Å². The summed E-state index contributed by atoms with van der Waals surface area (Å²) in [7, 11) is 0. The highest BCUT2D eigenvalue weighted by Crippen LogP contribution is 2.45. The molecule has 1 aliphatic carbocycles. The van der Waals surface area contributed by atoms with E-state index in [9.17, 15) is 13.6 Å². The monoisotopic (exact) mass is 240 g/mol. The molecule has 4 heteroatoms. The Balaban J connectivity index is 2.04. The average Bonchev–Trinajstić information content (AvgIpc) is 3.03. The van der Waals surface area contributed by atoms with Crippen molar-refractivity contribution in [3.05, 3.63) is 35.4 Å². The van der Waals surface area contributed by atoms with Crippen LogP contribution in [0.15, 0.2) is 18.2 Å². The summed E-state index contributed by atoms with van der Waals surface area (Å²) in [5.41, 5.74) is 0.0658. The molecule has 1 fully saturated rings. The Hall–Kier alpha value is -1.45. The summed E-state index contributed by atoms with van der Waals surface area (Å²) in [6, 6.07) is 3.79. The number of carboxylic acid groups (broad SMARTS) is 1. The first kappa shape index (κ1) is 12.0. The SMILES string of the molecule is CC(Cc1c(F)cccc1F)C1CC1C(=O)O. The molecule has 1 aliphatic rings. The summed E-state index contributed by atoms with van der Waals surface area (Å²) in [5.74, 6) is -2.21. The molecular formula is C13H14F2O2. The second-order valence-corrected chi connectivity index (χ2v) is 4.73. The van der Waals surface area contributed by atoms with E-state index >= 15 is 0 Å². The van der Waals surface area contributed by atoms with Crippen molar-refractivity contribution in [2.75, 3.05) is 0 Å². The third-order valence-corrected chi connectivity index (χ3v) is 3.48. The molecule has 0 amide bonds. The molecule has 2 nitrogen and oxygen atoms in total. The molecule has 0 bridgehead atoms. The minimum atomic E-state index is -0.809. The highest BCUT2D eigenvalue weighted by atomic mass is 19.1. The molecule has 3 atom stereocenters. The fourth-order valence-corrected chi connectivity index (χ4v) is 2.33. The van der Waals surface area contributed by atoms with Gasteiger partial charge in [0.25, 0.3) is 0 Å². The van der Waals surface area contributed by atoms with E-state index in [1.807, 2.05) is 6.92 Å². The molecule has 0 heterocycles. The lowest BCUT2D eigenvalue weighted by molar-refractivity contribution is -0.139. The van der Waals surface area contributed by atoms with Crippen LogP contribution in [0.25, 0.3) is 0 Å². The summed E-state index contributed by atoms with van der Waals surface area (Å²) in [5, 5.41) is 8.80. The van der Waals surface area contributed by atoms with E-state index in [0.29, 0.717) is 6.42 Å². The zero-order valence-corrected chi connectivity index (χ0v) is 9.49. The largest absolute Gasteiger partial charge is 0.481 e. The Morgan fingerprint density at radius 2 is 2.06 bits per heavy atom. The average molecular weight is 240 g/mol. The van der Waals surface area contributed by atoms with Gasteiger partial charge in [-0.1, -0.05) is 13.0 Å². The standard InChI is InChI=1S/C13H14F2O2/c1-7(8-6-9(8)13(16)17)5-10-11(14)3-2-4-12(10)15/h2-4,7-9H,5-6H2,1H3,(H,16,17). The number of hydrogen-bond donors (Lipinski definition) is 1. The first-order valence-corrected chi connectivity index (χ1v) is 5.66. The van der Waals surface area contributed by atoms with Gasteiger partial charge in [0.1, 0.15) is 11.6 Å². The van der Waals surface area contributed by atoms with Crippen LogP contribution in [-0.2, 0) is 11.2 Å². The third kappa shape index (κ3) is 2.46. The lowest BCUT2D eigenvalue weighted by atomic mass is 9.95. The lowest BCUT2D eigenvalue weighted by Gasteiger charge is -2.11. The molecule has 2 rings (SSSR count). The predicted molar refractivity (Wildman–Crippen MR) is 58.5 cm³/mol. The number of hydrogen-bond acceptors (Lipinski definition) is 1. The van der Waals surface area contributed by atoms with Crippen molar-refractivity contribution < 1.29 is 18.7 Å². The van der Waals surface area contributed by atoms with E-state index < -0.39 is 17.6 Å².